The second kappa shape index (κ2) is 16.1. The topological polar surface area (TPSA) is 37.8 Å². The van der Waals surface area contributed by atoms with Crippen molar-refractivity contribution in [1.82, 2.24) is 9.97 Å². The molecular formula is C59H41N3. The van der Waals surface area contributed by atoms with E-state index in [1.807, 2.05) is 6.07 Å². The van der Waals surface area contributed by atoms with E-state index in [1.165, 1.54) is 44.2 Å². The summed E-state index contributed by atoms with van der Waals surface area (Å²) in [4.78, 5) is 10.5. The van der Waals surface area contributed by atoms with Gasteiger partial charge in [0.2, 0.25) is 0 Å². The van der Waals surface area contributed by atoms with E-state index < -0.39 is 0 Å². The van der Waals surface area contributed by atoms with Crippen molar-refractivity contribution in [3.8, 4) is 67.3 Å². The van der Waals surface area contributed by atoms with Crippen molar-refractivity contribution < 1.29 is 0 Å². The molecular weight excluding hydrogens is 751 g/mol. The van der Waals surface area contributed by atoms with Crippen molar-refractivity contribution in [2.45, 2.75) is 6.04 Å². The Kier molecular flexibility index (Phi) is 9.61. The minimum absolute atomic E-state index is 0.0653. The third kappa shape index (κ3) is 7.16. The summed E-state index contributed by atoms with van der Waals surface area (Å²) in [5, 5.41) is 6.29. The van der Waals surface area contributed by atoms with Crippen LogP contribution < -0.4 is 5.32 Å². The molecule has 1 aromatic heterocycles. The molecule has 0 aliphatic carbocycles. The second-order valence-electron chi connectivity index (χ2n) is 15.8. The molecule has 0 radical (unpaired) electrons. The zero-order valence-corrected chi connectivity index (χ0v) is 34.0. The Morgan fingerprint density at radius 2 is 0.855 bits per heavy atom. The number of rotatable bonds is 8. The predicted octanol–water partition coefficient (Wildman–Crippen LogP) is 15.2. The van der Waals surface area contributed by atoms with Gasteiger partial charge in [-0.3, -0.25) is 0 Å². The Bertz CT molecular complexity index is 3130. The molecule has 1 atom stereocenters. The van der Waals surface area contributed by atoms with Crippen LogP contribution in [0.25, 0.3) is 83.6 Å². The molecule has 0 bridgehead atoms. The second-order valence-corrected chi connectivity index (χ2v) is 15.8. The monoisotopic (exact) mass is 791 g/mol. The van der Waals surface area contributed by atoms with Crippen LogP contribution in [0.15, 0.2) is 237 Å². The zero-order valence-electron chi connectivity index (χ0n) is 34.0. The number of hydrogen-bond acceptors (Lipinski definition) is 3. The number of benzene rings is 9. The maximum Gasteiger partial charge on any atom is 0.160 e. The van der Waals surface area contributed by atoms with Crippen LogP contribution in [0.3, 0.4) is 0 Å². The molecule has 1 N–H and O–H groups in total. The Balaban J connectivity index is 0.999. The predicted molar refractivity (Wildman–Crippen MR) is 258 cm³/mol. The molecule has 3 nitrogen and oxygen atoms in total. The third-order valence-electron chi connectivity index (χ3n) is 11.9. The number of nitrogens with one attached hydrogen (secondary N) is 1. The van der Waals surface area contributed by atoms with Gasteiger partial charge in [-0.25, -0.2) is 9.97 Å². The number of nitrogens with zero attached hydrogens (tertiary/aromatic N) is 2. The Morgan fingerprint density at radius 1 is 0.339 bits per heavy atom. The van der Waals surface area contributed by atoms with E-state index in [-0.39, 0.29) is 6.04 Å². The van der Waals surface area contributed by atoms with E-state index in [0.717, 1.165) is 56.0 Å². The quantitative estimate of drug-likeness (QED) is 0.167. The van der Waals surface area contributed by atoms with Crippen LogP contribution in [0, 0.1) is 0 Å². The summed E-state index contributed by atoms with van der Waals surface area (Å²) >= 11 is 0. The molecule has 0 amide bonds. The van der Waals surface area contributed by atoms with Gasteiger partial charge in [-0.2, -0.15) is 0 Å². The van der Waals surface area contributed by atoms with Gasteiger partial charge in [0.15, 0.2) is 5.82 Å². The maximum absolute atomic E-state index is 5.26. The van der Waals surface area contributed by atoms with Crippen molar-refractivity contribution in [3.05, 3.63) is 253 Å². The van der Waals surface area contributed by atoms with Crippen molar-refractivity contribution in [3.63, 3.8) is 0 Å². The van der Waals surface area contributed by atoms with Gasteiger partial charge in [0.1, 0.15) is 0 Å². The lowest BCUT2D eigenvalue weighted by molar-refractivity contribution is 0.974. The first kappa shape index (κ1) is 36.9. The summed E-state index contributed by atoms with van der Waals surface area (Å²) in [6, 6.07) is 81.9. The summed E-state index contributed by atoms with van der Waals surface area (Å²) in [6.07, 6.45) is 2.38. The third-order valence-corrected chi connectivity index (χ3v) is 11.9. The van der Waals surface area contributed by atoms with Gasteiger partial charge >= 0.3 is 0 Å². The van der Waals surface area contributed by atoms with Crippen LogP contribution >= 0.6 is 0 Å². The van der Waals surface area contributed by atoms with Gasteiger partial charge in [0.25, 0.3) is 0 Å². The minimum atomic E-state index is 0.0653. The fourth-order valence-electron chi connectivity index (χ4n) is 8.83. The van der Waals surface area contributed by atoms with Gasteiger partial charge < -0.3 is 5.32 Å². The number of aromatic nitrogens is 2. The normalized spacial score (nSPS) is 13.2. The van der Waals surface area contributed by atoms with Crippen LogP contribution in [-0.2, 0) is 0 Å². The average molecular weight is 792 g/mol. The van der Waals surface area contributed by atoms with Crippen molar-refractivity contribution in [1.29, 1.82) is 0 Å². The molecule has 11 rings (SSSR count). The summed E-state index contributed by atoms with van der Waals surface area (Å²) in [7, 11) is 0. The first-order valence-corrected chi connectivity index (χ1v) is 21.2. The largest absolute Gasteiger partial charge is 0.374 e. The summed E-state index contributed by atoms with van der Waals surface area (Å²) in [5.41, 5.74) is 17.8. The number of fused-ring (bicyclic) bond motifs is 3. The highest BCUT2D eigenvalue weighted by molar-refractivity contribution is 6.08. The summed E-state index contributed by atoms with van der Waals surface area (Å²) < 4.78 is 0. The van der Waals surface area contributed by atoms with Crippen LogP contribution in [0.1, 0.15) is 22.7 Å². The molecule has 292 valence electrons. The zero-order chi connectivity index (χ0) is 41.2. The molecule has 0 fully saturated rings. The van der Waals surface area contributed by atoms with Crippen molar-refractivity contribution >= 4 is 22.0 Å². The maximum atomic E-state index is 5.26. The Morgan fingerprint density at radius 3 is 1.52 bits per heavy atom. The number of anilines is 1. The van der Waals surface area contributed by atoms with Crippen LogP contribution in [0.5, 0.6) is 0 Å². The van der Waals surface area contributed by atoms with Gasteiger partial charge in [-0.15, -0.1) is 0 Å². The average Bonchev–Trinajstić information content (AvgIpc) is 3.37. The molecule has 3 heteroatoms. The highest BCUT2D eigenvalue weighted by Crippen LogP contribution is 2.44. The van der Waals surface area contributed by atoms with Crippen LogP contribution in [-0.4, -0.2) is 9.97 Å². The lowest BCUT2D eigenvalue weighted by Gasteiger charge is -2.29. The molecule has 0 saturated carbocycles. The van der Waals surface area contributed by atoms with Gasteiger partial charge in [-0.1, -0.05) is 206 Å². The summed E-state index contributed by atoms with van der Waals surface area (Å²) in [5.74, 6) is 0.689. The van der Waals surface area contributed by atoms with Crippen LogP contribution in [0.4, 0.5) is 5.69 Å². The molecule has 2 heterocycles. The Labute approximate surface area is 362 Å². The molecule has 0 saturated heterocycles. The van der Waals surface area contributed by atoms with E-state index in [2.05, 4.69) is 236 Å². The lowest BCUT2D eigenvalue weighted by Crippen LogP contribution is -2.15. The highest BCUT2D eigenvalue weighted by Gasteiger charge is 2.24. The van der Waals surface area contributed by atoms with E-state index in [0.29, 0.717) is 5.82 Å². The molecule has 1 unspecified atom stereocenters. The first-order chi connectivity index (χ1) is 30.7. The van der Waals surface area contributed by atoms with E-state index in [4.69, 9.17) is 9.97 Å². The highest BCUT2D eigenvalue weighted by atomic mass is 14.9. The number of hydrogen-bond donors (Lipinski definition) is 1. The molecule has 62 heavy (non-hydrogen) atoms. The smallest absolute Gasteiger partial charge is 0.160 e. The standard InChI is InChI=1S/C59H41N3/c1-5-16-40(17-6-1)46-24-13-26-48(36-46)57-39-56(61-59(62-57)49-27-14-25-47(37-49)41-18-7-2-8-19-41)45-32-30-43(31-33-45)50-28-15-29-52-51(50)34-35-54-58(52)53(42-20-9-3-10-21-42)38-55(60-54)44-22-11-4-12-23-44/h1-39,55,60H. The Hall–Kier alpha value is -8.14. The molecule has 10 aromatic rings. The molecule has 0 spiro atoms. The SMILES string of the molecule is C1=C(c2ccccc2)c2c(ccc3c(-c4ccc(-c5cc(-c6cccc(-c7ccccc7)c6)nc(-c6cccc(-c7ccccc7)c6)n5)cc4)cccc23)NC1c1ccccc1. The lowest BCUT2D eigenvalue weighted by atomic mass is 9.85. The van der Waals surface area contributed by atoms with Crippen molar-refractivity contribution in [2.24, 2.45) is 0 Å². The fourth-order valence-corrected chi connectivity index (χ4v) is 8.83. The van der Waals surface area contributed by atoms with Crippen LogP contribution in [0.2, 0.25) is 0 Å². The van der Waals surface area contributed by atoms with E-state index in [1.54, 1.807) is 0 Å². The van der Waals surface area contributed by atoms with E-state index >= 15 is 0 Å². The molecule has 9 aromatic carbocycles. The summed E-state index contributed by atoms with van der Waals surface area (Å²) in [6.45, 7) is 0. The van der Waals surface area contributed by atoms with Crippen molar-refractivity contribution in [2.75, 3.05) is 5.32 Å². The minimum Gasteiger partial charge on any atom is -0.374 e. The fraction of sp³-hybridized carbons (Fsp3) is 0.0169. The van der Waals surface area contributed by atoms with Gasteiger partial charge in [0, 0.05) is 27.9 Å². The molecule has 1 aliphatic heterocycles. The van der Waals surface area contributed by atoms with E-state index in [9.17, 15) is 0 Å². The van der Waals surface area contributed by atoms with Gasteiger partial charge in [0.05, 0.1) is 17.4 Å². The first-order valence-electron chi connectivity index (χ1n) is 21.2. The molecule has 1 aliphatic rings. The van der Waals surface area contributed by atoms with Gasteiger partial charge in [-0.05, 0) is 91.2 Å².